The molecule has 1 fully saturated rings. The van der Waals surface area contributed by atoms with Crippen molar-refractivity contribution >= 4 is 23.3 Å². The number of aromatic nitrogens is 2. The fraction of sp³-hybridized carbons (Fsp3) is 0.222. The molecule has 1 saturated heterocycles. The van der Waals surface area contributed by atoms with Crippen LogP contribution in [0.3, 0.4) is 0 Å². The molecule has 1 N–H and O–H groups in total. The molecular formula is C18H17N3O2S. The predicted molar refractivity (Wildman–Crippen MR) is 93.1 cm³/mol. The molecule has 0 unspecified atom stereocenters. The van der Waals surface area contributed by atoms with Crippen LogP contribution in [0.4, 0.5) is 0 Å². The Morgan fingerprint density at radius 2 is 2.00 bits per heavy atom. The van der Waals surface area contributed by atoms with Gasteiger partial charge in [0, 0.05) is 36.1 Å². The molecule has 1 aliphatic rings. The standard InChI is InChI=1S/C18H17N3O2S/c22-14-10-21(11-14)18(23)15-5-1-2-6-16(15)24-12-13-9-20-8-4-3-7-17(20)19-13/h1-9,14,22H,10-12H2. The molecule has 122 valence electrons. The molecule has 0 radical (unpaired) electrons. The Morgan fingerprint density at radius 1 is 1.21 bits per heavy atom. The van der Waals surface area contributed by atoms with Crippen LogP contribution in [0.1, 0.15) is 16.1 Å². The fourth-order valence-corrected chi connectivity index (χ4v) is 3.70. The lowest BCUT2D eigenvalue weighted by Crippen LogP contribution is -2.53. The zero-order valence-electron chi connectivity index (χ0n) is 13.0. The first kappa shape index (κ1) is 15.2. The Morgan fingerprint density at radius 3 is 2.79 bits per heavy atom. The maximum Gasteiger partial charge on any atom is 0.255 e. The number of imidazole rings is 1. The number of rotatable bonds is 4. The maximum atomic E-state index is 12.5. The minimum absolute atomic E-state index is 0.0154. The number of fused-ring (bicyclic) bond motifs is 1. The molecule has 0 bridgehead atoms. The molecule has 24 heavy (non-hydrogen) atoms. The van der Waals surface area contributed by atoms with Crippen LogP contribution in [0, 0.1) is 0 Å². The second-order valence-electron chi connectivity index (χ2n) is 5.85. The summed E-state index contributed by atoms with van der Waals surface area (Å²) >= 11 is 1.61. The van der Waals surface area contributed by atoms with Crippen molar-refractivity contribution in [1.82, 2.24) is 14.3 Å². The number of likely N-dealkylation sites (tertiary alicyclic amines) is 1. The van der Waals surface area contributed by atoms with E-state index >= 15 is 0 Å². The van der Waals surface area contributed by atoms with Crippen molar-refractivity contribution in [1.29, 1.82) is 0 Å². The molecule has 5 nitrogen and oxygen atoms in total. The first-order valence-corrected chi connectivity index (χ1v) is 8.81. The molecule has 3 aromatic rings. The Kier molecular flexibility index (Phi) is 4.00. The Bertz CT molecular complexity index is 854. The third-order valence-corrected chi connectivity index (χ3v) is 5.16. The number of hydrogen-bond donors (Lipinski definition) is 1. The number of pyridine rings is 1. The molecule has 1 amide bonds. The normalized spacial score (nSPS) is 14.8. The number of benzene rings is 1. The number of hydrogen-bond acceptors (Lipinski definition) is 4. The van der Waals surface area contributed by atoms with Gasteiger partial charge in [0.25, 0.3) is 5.91 Å². The third kappa shape index (κ3) is 2.90. The number of aliphatic hydroxyl groups is 1. The lowest BCUT2D eigenvalue weighted by Gasteiger charge is -2.36. The summed E-state index contributed by atoms with van der Waals surface area (Å²) < 4.78 is 1.99. The zero-order chi connectivity index (χ0) is 16.5. The summed E-state index contributed by atoms with van der Waals surface area (Å²) in [6, 6.07) is 13.5. The monoisotopic (exact) mass is 339 g/mol. The van der Waals surface area contributed by atoms with E-state index in [0.717, 1.165) is 16.2 Å². The first-order chi connectivity index (χ1) is 11.7. The highest BCUT2D eigenvalue weighted by Gasteiger charge is 2.30. The number of thioether (sulfide) groups is 1. The van der Waals surface area contributed by atoms with Crippen LogP contribution in [0.5, 0.6) is 0 Å². The van der Waals surface area contributed by atoms with Crippen LogP contribution in [-0.2, 0) is 5.75 Å². The second kappa shape index (κ2) is 6.30. The van der Waals surface area contributed by atoms with Crippen LogP contribution in [0.15, 0.2) is 59.8 Å². The van der Waals surface area contributed by atoms with Gasteiger partial charge in [0.2, 0.25) is 0 Å². The predicted octanol–water partition coefficient (Wildman–Crippen LogP) is 2.44. The Balaban J connectivity index is 1.51. The van der Waals surface area contributed by atoms with E-state index in [4.69, 9.17) is 0 Å². The van der Waals surface area contributed by atoms with Crippen molar-refractivity contribution in [3.8, 4) is 0 Å². The van der Waals surface area contributed by atoms with Gasteiger partial charge in [-0.15, -0.1) is 11.8 Å². The van der Waals surface area contributed by atoms with E-state index in [-0.39, 0.29) is 12.0 Å². The second-order valence-corrected chi connectivity index (χ2v) is 6.86. The molecule has 3 heterocycles. The van der Waals surface area contributed by atoms with Gasteiger partial charge in [-0.3, -0.25) is 4.79 Å². The summed E-state index contributed by atoms with van der Waals surface area (Å²) in [7, 11) is 0. The minimum atomic E-state index is -0.383. The average molecular weight is 339 g/mol. The minimum Gasteiger partial charge on any atom is -0.389 e. The molecule has 1 aromatic carbocycles. The molecule has 0 aliphatic carbocycles. The number of aliphatic hydroxyl groups excluding tert-OH is 1. The van der Waals surface area contributed by atoms with Crippen molar-refractivity contribution in [2.45, 2.75) is 16.8 Å². The van der Waals surface area contributed by atoms with E-state index < -0.39 is 0 Å². The molecule has 1 aliphatic heterocycles. The summed E-state index contributed by atoms with van der Waals surface area (Å²) in [5.74, 6) is 0.688. The highest BCUT2D eigenvalue weighted by molar-refractivity contribution is 7.98. The Labute approximate surface area is 143 Å². The highest BCUT2D eigenvalue weighted by atomic mass is 32.2. The van der Waals surface area contributed by atoms with E-state index in [1.807, 2.05) is 59.3 Å². The quantitative estimate of drug-likeness (QED) is 0.742. The van der Waals surface area contributed by atoms with Crippen LogP contribution in [-0.4, -0.2) is 44.5 Å². The SMILES string of the molecule is O=C(c1ccccc1SCc1cn2ccccc2n1)N1CC(O)C1. The van der Waals surface area contributed by atoms with Crippen molar-refractivity contribution in [3.63, 3.8) is 0 Å². The van der Waals surface area contributed by atoms with Crippen molar-refractivity contribution in [2.24, 2.45) is 0 Å². The Hall–Kier alpha value is -2.31. The van der Waals surface area contributed by atoms with E-state index in [2.05, 4.69) is 4.98 Å². The lowest BCUT2D eigenvalue weighted by atomic mass is 10.1. The van der Waals surface area contributed by atoms with Crippen molar-refractivity contribution in [3.05, 3.63) is 66.1 Å². The van der Waals surface area contributed by atoms with Gasteiger partial charge in [-0.05, 0) is 24.3 Å². The molecule has 2 aromatic heterocycles. The van der Waals surface area contributed by atoms with E-state index in [1.54, 1.807) is 16.7 Å². The summed E-state index contributed by atoms with van der Waals surface area (Å²) in [6.07, 6.45) is 3.61. The third-order valence-electron chi connectivity index (χ3n) is 4.06. The van der Waals surface area contributed by atoms with E-state index in [1.165, 1.54) is 0 Å². The molecule has 0 saturated carbocycles. The molecule has 4 rings (SSSR count). The smallest absolute Gasteiger partial charge is 0.255 e. The van der Waals surface area contributed by atoms with Gasteiger partial charge in [-0.1, -0.05) is 18.2 Å². The van der Waals surface area contributed by atoms with E-state index in [0.29, 0.717) is 24.4 Å². The van der Waals surface area contributed by atoms with Crippen LogP contribution in [0.25, 0.3) is 5.65 Å². The van der Waals surface area contributed by atoms with Crippen LogP contribution >= 0.6 is 11.8 Å². The highest BCUT2D eigenvalue weighted by Crippen LogP contribution is 2.28. The number of nitrogens with zero attached hydrogens (tertiary/aromatic N) is 3. The number of carbonyl (C=O) groups excluding carboxylic acids is 1. The fourth-order valence-electron chi connectivity index (χ4n) is 2.77. The maximum absolute atomic E-state index is 12.5. The average Bonchev–Trinajstić information content (AvgIpc) is 3.00. The topological polar surface area (TPSA) is 57.8 Å². The van der Waals surface area contributed by atoms with Gasteiger partial charge in [0.05, 0.1) is 17.4 Å². The molecule has 0 spiro atoms. The van der Waals surface area contributed by atoms with Gasteiger partial charge < -0.3 is 14.4 Å². The van der Waals surface area contributed by atoms with Gasteiger partial charge in [0.15, 0.2) is 0 Å². The first-order valence-electron chi connectivity index (χ1n) is 7.82. The van der Waals surface area contributed by atoms with Crippen LogP contribution in [0.2, 0.25) is 0 Å². The summed E-state index contributed by atoms with van der Waals surface area (Å²) in [5.41, 5.74) is 2.60. The molecule has 6 heteroatoms. The lowest BCUT2D eigenvalue weighted by molar-refractivity contribution is 0.00566. The summed E-state index contributed by atoms with van der Waals surface area (Å²) in [6.45, 7) is 0.842. The van der Waals surface area contributed by atoms with Crippen LogP contribution < -0.4 is 0 Å². The number of amides is 1. The molecular weight excluding hydrogens is 322 g/mol. The van der Waals surface area contributed by atoms with Gasteiger partial charge >= 0.3 is 0 Å². The number of carbonyl (C=O) groups is 1. The zero-order valence-corrected chi connectivity index (χ0v) is 13.8. The number of β-amino-alcohol motifs (C(OH)–C–C–N with tert-alkyl or cyclic N) is 1. The van der Waals surface area contributed by atoms with Crippen molar-refractivity contribution < 1.29 is 9.90 Å². The van der Waals surface area contributed by atoms with E-state index in [9.17, 15) is 9.90 Å². The van der Waals surface area contributed by atoms with Gasteiger partial charge in [0.1, 0.15) is 5.65 Å². The summed E-state index contributed by atoms with van der Waals surface area (Å²) in [5, 5.41) is 9.39. The summed E-state index contributed by atoms with van der Waals surface area (Å²) in [4.78, 5) is 19.7. The largest absolute Gasteiger partial charge is 0.389 e. The molecule has 0 atom stereocenters. The van der Waals surface area contributed by atoms with Gasteiger partial charge in [-0.2, -0.15) is 0 Å². The van der Waals surface area contributed by atoms with Gasteiger partial charge in [-0.25, -0.2) is 4.98 Å². The van der Waals surface area contributed by atoms with Crippen molar-refractivity contribution in [2.75, 3.05) is 13.1 Å².